The number of anilines is 1. The maximum atomic E-state index is 12.9. The molecule has 0 bridgehead atoms. The second kappa shape index (κ2) is 9.46. The van der Waals surface area contributed by atoms with E-state index in [2.05, 4.69) is 10.4 Å². The lowest BCUT2D eigenvalue weighted by molar-refractivity contribution is -0.122. The molecule has 180 valence electrons. The molecule has 2 atom stereocenters. The van der Waals surface area contributed by atoms with Crippen LogP contribution in [0.4, 0.5) is 10.5 Å². The Labute approximate surface area is 197 Å². The number of benzene rings is 1. The fraction of sp³-hybridized carbons (Fsp3) is 0.500. The number of carbonyl (C=O) groups is 2. The lowest BCUT2D eigenvalue weighted by atomic mass is 9.96. The number of rotatable bonds is 7. The molecule has 0 spiro atoms. The number of aromatic nitrogens is 4. The number of imidazole rings is 1. The van der Waals surface area contributed by atoms with Crippen LogP contribution in [0.5, 0.6) is 0 Å². The SMILES string of the molecule is C[C@H]1CCc2c(ccc3c2nc(CCn2cccn2)n3CC(=O)NC[C@H]2CCCO2)N1C(=O)O. The van der Waals surface area contributed by atoms with Gasteiger partial charge in [0, 0.05) is 50.1 Å². The zero-order valence-corrected chi connectivity index (χ0v) is 19.3. The zero-order chi connectivity index (χ0) is 23.7. The fourth-order valence-electron chi connectivity index (χ4n) is 5.01. The molecule has 34 heavy (non-hydrogen) atoms. The van der Waals surface area contributed by atoms with Crippen LogP contribution in [0.3, 0.4) is 0 Å². The van der Waals surface area contributed by atoms with Crippen LogP contribution in [0.25, 0.3) is 11.0 Å². The lowest BCUT2D eigenvalue weighted by Gasteiger charge is -2.33. The molecule has 4 heterocycles. The highest BCUT2D eigenvalue weighted by atomic mass is 16.5. The molecule has 0 aliphatic carbocycles. The van der Waals surface area contributed by atoms with Crippen LogP contribution in [0.2, 0.25) is 0 Å². The van der Waals surface area contributed by atoms with Gasteiger partial charge in [-0.3, -0.25) is 14.4 Å². The normalized spacial score (nSPS) is 20.0. The monoisotopic (exact) mass is 466 g/mol. The Morgan fingerprint density at radius 1 is 1.29 bits per heavy atom. The second-order valence-corrected chi connectivity index (χ2v) is 9.04. The lowest BCUT2D eigenvalue weighted by Crippen LogP contribution is -2.41. The third kappa shape index (κ3) is 4.37. The number of carbonyl (C=O) groups excluding carboxylic acids is 1. The summed E-state index contributed by atoms with van der Waals surface area (Å²) in [6, 6.07) is 5.52. The molecular weight excluding hydrogens is 436 g/mol. The summed E-state index contributed by atoms with van der Waals surface area (Å²) in [5.74, 6) is 0.695. The van der Waals surface area contributed by atoms with E-state index in [9.17, 15) is 14.7 Å². The van der Waals surface area contributed by atoms with Crippen molar-refractivity contribution in [3.05, 3.63) is 42.0 Å². The molecule has 2 aliphatic rings. The minimum atomic E-state index is -0.959. The van der Waals surface area contributed by atoms with E-state index in [0.717, 1.165) is 54.7 Å². The number of carboxylic acid groups (broad SMARTS) is 1. The highest BCUT2D eigenvalue weighted by molar-refractivity contribution is 5.95. The van der Waals surface area contributed by atoms with Crippen molar-refractivity contribution in [2.24, 2.45) is 0 Å². The summed E-state index contributed by atoms with van der Waals surface area (Å²) in [5, 5.41) is 17.0. The van der Waals surface area contributed by atoms with Crippen molar-refractivity contribution in [1.82, 2.24) is 24.6 Å². The molecule has 0 unspecified atom stereocenters. The first-order valence-electron chi connectivity index (χ1n) is 11.9. The van der Waals surface area contributed by atoms with E-state index in [1.807, 2.05) is 40.6 Å². The summed E-state index contributed by atoms with van der Waals surface area (Å²) in [7, 11) is 0. The predicted molar refractivity (Wildman–Crippen MR) is 126 cm³/mol. The number of nitrogens with one attached hydrogen (secondary N) is 1. The minimum Gasteiger partial charge on any atom is -0.465 e. The molecule has 1 fully saturated rings. The summed E-state index contributed by atoms with van der Waals surface area (Å²) in [5.41, 5.74) is 3.24. The highest BCUT2D eigenvalue weighted by Gasteiger charge is 2.31. The van der Waals surface area contributed by atoms with E-state index in [1.165, 1.54) is 4.90 Å². The Morgan fingerprint density at radius 2 is 2.18 bits per heavy atom. The molecule has 10 heteroatoms. The standard InChI is InChI=1S/C24H30N6O4/c1-16-5-6-18-19(30(16)24(32)33)7-8-20-23(18)27-21(9-12-28-11-3-10-26-28)29(20)15-22(31)25-14-17-4-2-13-34-17/h3,7-8,10-11,16-17H,2,4-6,9,12-15H2,1H3,(H,25,31)(H,32,33)/t16-,17+/m0/s1. The third-order valence-electron chi connectivity index (χ3n) is 6.77. The summed E-state index contributed by atoms with van der Waals surface area (Å²) >= 11 is 0. The van der Waals surface area contributed by atoms with Gasteiger partial charge >= 0.3 is 6.09 Å². The van der Waals surface area contributed by atoms with E-state index in [4.69, 9.17) is 9.72 Å². The largest absolute Gasteiger partial charge is 0.465 e. The molecule has 10 nitrogen and oxygen atoms in total. The van der Waals surface area contributed by atoms with Gasteiger partial charge in [0.15, 0.2) is 0 Å². The van der Waals surface area contributed by atoms with Crippen molar-refractivity contribution in [3.63, 3.8) is 0 Å². The second-order valence-electron chi connectivity index (χ2n) is 9.04. The van der Waals surface area contributed by atoms with E-state index in [1.54, 1.807) is 6.20 Å². The Bertz CT molecular complexity index is 1180. The number of fused-ring (bicyclic) bond motifs is 3. The van der Waals surface area contributed by atoms with Crippen LogP contribution >= 0.6 is 0 Å². The number of nitrogens with zero attached hydrogens (tertiary/aromatic N) is 5. The maximum Gasteiger partial charge on any atom is 0.412 e. The van der Waals surface area contributed by atoms with Gasteiger partial charge in [-0.15, -0.1) is 0 Å². The molecule has 1 aromatic carbocycles. The van der Waals surface area contributed by atoms with Gasteiger partial charge in [-0.25, -0.2) is 9.78 Å². The van der Waals surface area contributed by atoms with Crippen molar-refractivity contribution in [3.8, 4) is 0 Å². The molecular formula is C24H30N6O4. The van der Waals surface area contributed by atoms with Gasteiger partial charge in [0.25, 0.3) is 0 Å². The molecule has 1 saturated heterocycles. The predicted octanol–water partition coefficient (Wildman–Crippen LogP) is 2.59. The summed E-state index contributed by atoms with van der Waals surface area (Å²) in [6.07, 6.45) is 6.83. The van der Waals surface area contributed by atoms with E-state index in [-0.39, 0.29) is 24.6 Å². The zero-order valence-electron chi connectivity index (χ0n) is 19.3. The van der Waals surface area contributed by atoms with Crippen LogP contribution in [0.15, 0.2) is 30.6 Å². The summed E-state index contributed by atoms with van der Waals surface area (Å²) in [4.78, 5) is 31.1. The van der Waals surface area contributed by atoms with Crippen molar-refractivity contribution in [1.29, 1.82) is 0 Å². The molecule has 2 N–H and O–H groups in total. The Balaban J connectivity index is 1.47. The molecule has 2 aromatic heterocycles. The van der Waals surface area contributed by atoms with E-state index >= 15 is 0 Å². The number of amides is 2. The quantitative estimate of drug-likeness (QED) is 0.553. The molecule has 2 amide bonds. The number of ether oxygens (including phenoxy) is 1. The van der Waals surface area contributed by atoms with Gasteiger partial charge in [0.05, 0.1) is 22.8 Å². The number of aryl methyl sites for hydroxylation is 3. The molecule has 2 aliphatic heterocycles. The van der Waals surface area contributed by atoms with Gasteiger partial charge in [-0.2, -0.15) is 5.10 Å². The van der Waals surface area contributed by atoms with Crippen LogP contribution < -0.4 is 10.2 Å². The topological polar surface area (TPSA) is 115 Å². The third-order valence-corrected chi connectivity index (χ3v) is 6.77. The van der Waals surface area contributed by atoms with Crippen LogP contribution in [-0.2, 0) is 35.5 Å². The molecule has 3 aromatic rings. The average Bonchev–Trinajstić information content (AvgIpc) is 3.57. The number of hydrogen-bond donors (Lipinski definition) is 2. The van der Waals surface area contributed by atoms with Crippen molar-refractivity contribution >= 4 is 28.7 Å². The highest BCUT2D eigenvalue weighted by Crippen LogP contribution is 2.36. The van der Waals surface area contributed by atoms with Gasteiger partial charge in [0.2, 0.25) is 5.91 Å². The maximum absolute atomic E-state index is 12.9. The van der Waals surface area contributed by atoms with Gasteiger partial charge in [-0.05, 0) is 50.8 Å². The van der Waals surface area contributed by atoms with Crippen LogP contribution in [0.1, 0.15) is 37.6 Å². The summed E-state index contributed by atoms with van der Waals surface area (Å²) in [6.45, 7) is 3.97. The van der Waals surface area contributed by atoms with Gasteiger partial charge in [0.1, 0.15) is 12.4 Å². The molecule has 5 rings (SSSR count). The Hall–Kier alpha value is -3.40. The molecule has 0 radical (unpaired) electrons. The van der Waals surface area contributed by atoms with Gasteiger partial charge in [-0.1, -0.05) is 0 Å². The fourth-order valence-corrected chi connectivity index (χ4v) is 5.01. The minimum absolute atomic E-state index is 0.0822. The first-order chi connectivity index (χ1) is 16.5. The smallest absolute Gasteiger partial charge is 0.412 e. The summed E-state index contributed by atoms with van der Waals surface area (Å²) < 4.78 is 9.41. The molecule has 0 saturated carbocycles. The van der Waals surface area contributed by atoms with Crippen LogP contribution in [-0.4, -0.2) is 61.7 Å². The van der Waals surface area contributed by atoms with Crippen molar-refractivity contribution in [2.75, 3.05) is 18.1 Å². The van der Waals surface area contributed by atoms with Crippen molar-refractivity contribution < 1.29 is 19.4 Å². The van der Waals surface area contributed by atoms with Crippen LogP contribution in [0, 0.1) is 0 Å². The van der Waals surface area contributed by atoms with Crippen molar-refractivity contribution in [2.45, 2.75) is 64.3 Å². The Kier molecular flexibility index (Phi) is 6.23. The van der Waals surface area contributed by atoms with E-state index in [0.29, 0.717) is 25.2 Å². The number of hydrogen-bond acceptors (Lipinski definition) is 5. The van der Waals surface area contributed by atoms with Gasteiger partial charge < -0.3 is 19.7 Å². The first-order valence-corrected chi connectivity index (χ1v) is 11.9. The first kappa shape index (κ1) is 22.4. The van der Waals surface area contributed by atoms with E-state index < -0.39 is 6.09 Å². The average molecular weight is 467 g/mol. The Morgan fingerprint density at radius 3 is 2.91 bits per heavy atom.